The van der Waals surface area contributed by atoms with Crippen molar-refractivity contribution >= 4 is 0 Å². The van der Waals surface area contributed by atoms with Crippen LogP contribution in [-0.2, 0) is 9.47 Å². The van der Waals surface area contributed by atoms with Crippen molar-refractivity contribution in [3.8, 4) is 0 Å². The zero-order valence-electron chi connectivity index (χ0n) is 10.6. The highest BCUT2D eigenvalue weighted by molar-refractivity contribution is 4.42. The summed E-state index contributed by atoms with van der Waals surface area (Å²) in [6.07, 6.45) is -4.93. The Hall–Kier alpha value is -2.48. The van der Waals surface area contributed by atoms with Gasteiger partial charge in [0.2, 0.25) is 0 Å². The van der Waals surface area contributed by atoms with E-state index in [4.69, 9.17) is 9.47 Å². The molecule has 120 valence electrons. The Morgan fingerprint density at radius 3 is 1.19 bits per heavy atom. The van der Waals surface area contributed by atoms with Crippen LogP contribution in [0, 0.1) is 40.5 Å². The summed E-state index contributed by atoms with van der Waals surface area (Å²) < 4.78 is 9.39. The van der Waals surface area contributed by atoms with Crippen molar-refractivity contribution in [2.24, 2.45) is 0 Å². The van der Waals surface area contributed by atoms with Crippen molar-refractivity contribution in [1.82, 2.24) is 0 Å². The molecule has 0 bridgehead atoms. The van der Waals surface area contributed by atoms with Gasteiger partial charge >= 0.3 is 12.3 Å². The smallest absolute Gasteiger partial charge is 0.355 e. The van der Waals surface area contributed by atoms with Gasteiger partial charge in [-0.1, -0.05) is 0 Å². The molecule has 0 saturated heterocycles. The summed E-state index contributed by atoms with van der Waals surface area (Å²) in [7, 11) is 0. The standard InChI is InChI=1S/C7H12N4O10/c12-8(13)6(9(14)15)1-3-20-5-21-4-2-7(10(16)17)11(18)19/h6-7H,1-5H2. The maximum atomic E-state index is 10.3. The zero-order valence-corrected chi connectivity index (χ0v) is 10.6. The maximum absolute atomic E-state index is 10.3. The van der Waals surface area contributed by atoms with Gasteiger partial charge in [0, 0.05) is 0 Å². The summed E-state index contributed by atoms with van der Waals surface area (Å²) in [5, 5.41) is 41.0. The number of nitrogens with zero attached hydrogens (tertiary/aromatic N) is 4. The van der Waals surface area contributed by atoms with E-state index in [1.54, 1.807) is 0 Å². The molecule has 0 rings (SSSR count). The van der Waals surface area contributed by atoms with Crippen LogP contribution in [0.25, 0.3) is 0 Å². The highest BCUT2D eigenvalue weighted by atomic mass is 16.7. The van der Waals surface area contributed by atoms with Crippen LogP contribution in [-0.4, -0.2) is 52.0 Å². The second-order valence-electron chi connectivity index (χ2n) is 3.61. The summed E-state index contributed by atoms with van der Waals surface area (Å²) >= 11 is 0. The molecular formula is C7H12N4O10. The molecule has 0 aliphatic carbocycles. The monoisotopic (exact) mass is 312 g/mol. The molecule has 0 aromatic carbocycles. The van der Waals surface area contributed by atoms with Gasteiger partial charge in [-0.05, 0) is 0 Å². The summed E-state index contributed by atoms with van der Waals surface area (Å²) in [4.78, 5) is 36.8. The van der Waals surface area contributed by atoms with Crippen molar-refractivity contribution in [3.63, 3.8) is 0 Å². The van der Waals surface area contributed by atoms with Gasteiger partial charge < -0.3 is 9.47 Å². The normalized spacial score (nSPS) is 10.8. The molecule has 14 heteroatoms. The van der Waals surface area contributed by atoms with E-state index in [-0.39, 0.29) is 13.2 Å². The predicted octanol–water partition coefficient (Wildman–Crippen LogP) is -0.484. The topological polar surface area (TPSA) is 191 Å². The van der Waals surface area contributed by atoms with E-state index in [2.05, 4.69) is 0 Å². The number of hydrogen-bond donors (Lipinski definition) is 0. The first kappa shape index (κ1) is 18.5. The van der Waals surface area contributed by atoms with Gasteiger partial charge in [-0.3, -0.25) is 40.5 Å². The highest BCUT2D eigenvalue weighted by Gasteiger charge is 2.32. The van der Waals surface area contributed by atoms with Gasteiger partial charge in [0.25, 0.3) is 0 Å². The van der Waals surface area contributed by atoms with Crippen molar-refractivity contribution in [2.75, 3.05) is 20.0 Å². The second kappa shape index (κ2) is 9.43. The van der Waals surface area contributed by atoms with Crippen LogP contribution in [0.2, 0.25) is 0 Å². The van der Waals surface area contributed by atoms with Crippen LogP contribution in [0.5, 0.6) is 0 Å². The molecule has 0 spiro atoms. The van der Waals surface area contributed by atoms with Crippen molar-refractivity contribution in [1.29, 1.82) is 0 Å². The largest absolute Gasteiger partial charge is 0.453 e. The van der Waals surface area contributed by atoms with Gasteiger partial charge in [0.15, 0.2) is 0 Å². The average molecular weight is 312 g/mol. The Labute approximate surface area is 116 Å². The molecule has 0 N–H and O–H groups in total. The second-order valence-corrected chi connectivity index (χ2v) is 3.61. The molecule has 0 aromatic rings. The number of ether oxygens (including phenoxy) is 2. The van der Waals surface area contributed by atoms with Crippen LogP contribution in [0.3, 0.4) is 0 Å². The van der Waals surface area contributed by atoms with Gasteiger partial charge in [-0.2, -0.15) is 0 Å². The van der Waals surface area contributed by atoms with Crippen LogP contribution < -0.4 is 0 Å². The number of nitro groups is 4. The van der Waals surface area contributed by atoms with Crippen LogP contribution in [0.4, 0.5) is 0 Å². The molecule has 0 unspecified atom stereocenters. The fraction of sp³-hybridized carbons (Fsp3) is 1.00. The Morgan fingerprint density at radius 1 is 0.667 bits per heavy atom. The van der Waals surface area contributed by atoms with Gasteiger partial charge in [0.05, 0.1) is 32.9 Å². The summed E-state index contributed by atoms with van der Waals surface area (Å²) in [5.41, 5.74) is 0. The van der Waals surface area contributed by atoms with Gasteiger partial charge in [-0.15, -0.1) is 0 Å². The first-order valence-corrected chi connectivity index (χ1v) is 5.46. The summed E-state index contributed by atoms with van der Waals surface area (Å²) in [6, 6.07) is 0. The molecule has 0 atom stereocenters. The number of hydrogen-bond acceptors (Lipinski definition) is 10. The molecule has 0 saturated carbocycles. The van der Waals surface area contributed by atoms with Crippen LogP contribution >= 0.6 is 0 Å². The molecule has 0 amide bonds. The first-order chi connectivity index (χ1) is 9.77. The average Bonchev–Trinajstić information content (AvgIpc) is 2.34. The maximum Gasteiger partial charge on any atom is 0.453 e. The summed E-state index contributed by atoms with van der Waals surface area (Å²) in [5.74, 6) is 0. The van der Waals surface area contributed by atoms with E-state index < -0.39 is 51.7 Å². The lowest BCUT2D eigenvalue weighted by Gasteiger charge is -2.06. The quantitative estimate of drug-likeness (QED) is 0.196. The Bertz CT molecular complexity index is 337. The van der Waals surface area contributed by atoms with E-state index in [1.165, 1.54) is 0 Å². The third kappa shape index (κ3) is 7.63. The van der Waals surface area contributed by atoms with Crippen molar-refractivity contribution in [3.05, 3.63) is 40.5 Å². The van der Waals surface area contributed by atoms with Crippen LogP contribution in [0.15, 0.2) is 0 Å². The molecule has 0 aliphatic rings. The molecular weight excluding hydrogens is 300 g/mol. The predicted molar refractivity (Wildman–Crippen MR) is 61.6 cm³/mol. The zero-order chi connectivity index (χ0) is 16.4. The lowest BCUT2D eigenvalue weighted by atomic mass is 10.4. The van der Waals surface area contributed by atoms with Crippen molar-refractivity contribution < 1.29 is 29.2 Å². The molecule has 0 heterocycles. The number of rotatable bonds is 12. The Kier molecular flexibility index (Phi) is 8.31. The van der Waals surface area contributed by atoms with Crippen molar-refractivity contribution in [2.45, 2.75) is 25.2 Å². The molecule has 0 aliphatic heterocycles. The first-order valence-electron chi connectivity index (χ1n) is 5.46. The highest BCUT2D eigenvalue weighted by Crippen LogP contribution is 2.00. The van der Waals surface area contributed by atoms with E-state index in [1.807, 2.05) is 0 Å². The van der Waals surface area contributed by atoms with E-state index in [9.17, 15) is 40.5 Å². The summed E-state index contributed by atoms with van der Waals surface area (Å²) in [6.45, 7) is -1.11. The lowest BCUT2D eigenvalue weighted by molar-refractivity contribution is -0.743. The molecule has 21 heavy (non-hydrogen) atoms. The molecule has 0 radical (unpaired) electrons. The van der Waals surface area contributed by atoms with E-state index >= 15 is 0 Å². The van der Waals surface area contributed by atoms with Crippen LogP contribution in [0.1, 0.15) is 12.8 Å². The lowest BCUT2D eigenvalue weighted by Crippen LogP contribution is -2.30. The van der Waals surface area contributed by atoms with Gasteiger partial charge in [0.1, 0.15) is 19.6 Å². The minimum Gasteiger partial charge on any atom is -0.355 e. The fourth-order valence-corrected chi connectivity index (χ4v) is 1.13. The molecule has 0 aromatic heterocycles. The fourth-order valence-electron chi connectivity index (χ4n) is 1.13. The molecule has 0 fully saturated rings. The Morgan fingerprint density at radius 2 is 0.952 bits per heavy atom. The third-order valence-corrected chi connectivity index (χ3v) is 2.18. The SMILES string of the molecule is O=[N+]([O-])C(CCOCOCCC([N+](=O)[O-])[N+](=O)[O-])[N+](=O)[O-]. The third-order valence-electron chi connectivity index (χ3n) is 2.18. The Balaban J connectivity index is 3.78. The van der Waals surface area contributed by atoms with E-state index in [0.29, 0.717) is 0 Å². The van der Waals surface area contributed by atoms with E-state index in [0.717, 1.165) is 0 Å². The molecule has 14 nitrogen and oxygen atoms in total. The minimum atomic E-state index is -1.99. The van der Waals surface area contributed by atoms with Gasteiger partial charge in [-0.25, -0.2) is 0 Å². The minimum absolute atomic E-state index is 0.333.